The van der Waals surface area contributed by atoms with Crippen LogP contribution in [0.3, 0.4) is 0 Å². The van der Waals surface area contributed by atoms with E-state index in [-0.39, 0.29) is 5.69 Å². The van der Waals surface area contributed by atoms with Crippen molar-refractivity contribution in [1.29, 1.82) is 0 Å². The fourth-order valence-electron chi connectivity index (χ4n) is 1.93. The van der Waals surface area contributed by atoms with Crippen LogP contribution in [-0.2, 0) is 6.54 Å². The van der Waals surface area contributed by atoms with Crippen LogP contribution in [0.1, 0.15) is 28.8 Å². The van der Waals surface area contributed by atoms with Crippen molar-refractivity contribution in [2.75, 3.05) is 0 Å². The Balaban J connectivity index is 2.52. The van der Waals surface area contributed by atoms with Gasteiger partial charge in [-0.1, -0.05) is 0 Å². The number of hydrogen-bond donors (Lipinski definition) is 1. The van der Waals surface area contributed by atoms with E-state index in [1.165, 1.54) is 6.07 Å². The first-order valence-electron chi connectivity index (χ1n) is 5.35. The Morgan fingerprint density at radius 1 is 1.53 bits per heavy atom. The Kier molecular flexibility index (Phi) is 2.71. The molecule has 6 nitrogen and oxygen atoms in total. The molecule has 2 rings (SSSR count). The van der Waals surface area contributed by atoms with Gasteiger partial charge in [0.05, 0.1) is 23.1 Å². The normalized spacial score (nSPS) is 10.8. The third-order valence-electron chi connectivity index (χ3n) is 2.73. The largest absolute Gasteiger partial charge is 0.543 e. The second-order valence-corrected chi connectivity index (χ2v) is 3.82. The molecule has 0 spiro atoms. The molecule has 17 heavy (non-hydrogen) atoms. The summed E-state index contributed by atoms with van der Waals surface area (Å²) in [5.74, 6) is -1.26. The molecule has 0 aliphatic carbocycles. The summed E-state index contributed by atoms with van der Waals surface area (Å²) in [4.78, 5) is 10.7. The van der Waals surface area contributed by atoms with E-state index in [4.69, 9.17) is 0 Å². The lowest BCUT2D eigenvalue weighted by molar-refractivity contribution is -0.255. The zero-order valence-electron chi connectivity index (χ0n) is 9.94. The molecule has 2 heterocycles. The highest BCUT2D eigenvalue weighted by atomic mass is 16.4. The van der Waals surface area contributed by atoms with Crippen LogP contribution < -0.4 is 5.11 Å². The molecule has 0 aromatic carbocycles. The van der Waals surface area contributed by atoms with Crippen molar-refractivity contribution in [1.82, 2.24) is 20.0 Å². The van der Waals surface area contributed by atoms with Crippen molar-refractivity contribution >= 4 is 5.97 Å². The molecule has 0 atom stereocenters. The number of H-pyrrole nitrogens is 1. The lowest BCUT2D eigenvalue weighted by Crippen LogP contribution is -2.22. The number of nitrogens with one attached hydrogen (secondary N) is 1. The molecule has 2 aromatic rings. The Hall–Kier alpha value is -2.11. The smallest absolute Gasteiger partial charge is 0.0964 e. The molecular weight excluding hydrogens is 220 g/mol. The van der Waals surface area contributed by atoms with E-state index in [9.17, 15) is 9.90 Å². The average molecular weight is 233 g/mol. The highest BCUT2D eigenvalue weighted by Crippen LogP contribution is 2.25. The van der Waals surface area contributed by atoms with E-state index in [0.29, 0.717) is 5.69 Å². The van der Waals surface area contributed by atoms with E-state index in [2.05, 4.69) is 15.3 Å². The summed E-state index contributed by atoms with van der Waals surface area (Å²) >= 11 is 0. The predicted octanol–water partition coefficient (Wildman–Crippen LogP) is 0.273. The molecular formula is C11H13N4O2-. The molecule has 2 aromatic heterocycles. The van der Waals surface area contributed by atoms with Crippen molar-refractivity contribution < 1.29 is 9.90 Å². The highest BCUT2D eigenvalue weighted by molar-refractivity contribution is 5.85. The molecule has 0 radical (unpaired) electrons. The topological polar surface area (TPSA) is 86.6 Å². The number of aromatic nitrogens is 4. The summed E-state index contributed by atoms with van der Waals surface area (Å²) in [5, 5.41) is 21.4. The molecule has 6 heteroatoms. The summed E-state index contributed by atoms with van der Waals surface area (Å²) in [7, 11) is 0. The van der Waals surface area contributed by atoms with Crippen LogP contribution >= 0.6 is 0 Å². The Morgan fingerprint density at radius 2 is 2.24 bits per heavy atom. The molecule has 0 unspecified atom stereocenters. The van der Waals surface area contributed by atoms with Crippen LogP contribution in [0.4, 0.5) is 0 Å². The maximum absolute atomic E-state index is 10.7. The van der Waals surface area contributed by atoms with Gasteiger partial charge in [0.2, 0.25) is 0 Å². The van der Waals surface area contributed by atoms with Crippen molar-refractivity contribution in [3.05, 3.63) is 23.1 Å². The molecule has 0 saturated carbocycles. The average Bonchev–Trinajstić information content (AvgIpc) is 2.83. The van der Waals surface area contributed by atoms with E-state index in [1.807, 2.05) is 25.5 Å². The number of aromatic carboxylic acids is 1. The summed E-state index contributed by atoms with van der Waals surface area (Å²) in [6.07, 6.45) is 0. The number of carboxylic acids is 1. The third kappa shape index (κ3) is 1.82. The molecule has 0 bridgehead atoms. The third-order valence-corrected chi connectivity index (χ3v) is 2.73. The number of carbonyl (C=O) groups excluding carboxylic acids is 1. The van der Waals surface area contributed by atoms with E-state index < -0.39 is 5.97 Å². The molecule has 90 valence electrons. The molecule has 1 N–H and O–H groups in total. The number of rotatable bonds is 3. The Bertz CT molecular complexity index is 568. The van der Waals surface area contributed by atoms with Crippen molar-refractivity contribution in [2.24, 2.45) is 0 Å². The molecule has 0 aliphatic heterocycles. The first-order valence-corrected chi connectivity index (χ1v) is 5.35. The second-order valence-electron chi connectivity index (χ2n) is 3.82. The highest BCUT2D eigenvalue weighted by Gasteiger charge is 2.15. The fraction of sp³-hybridized carbons (Fsp3) is 0.364. The van der Waals surface area contributed by atoms with Gasteiger partial charge in [-0.25, -0.2) is 0 Å². The lowest BCUT2D eigenvalue weighted by atomic mass is 10.1. The molecule has 0 amide bonds. The predicted molar refractivity (Wildman–Crippen MR) is 59.3 cm³/mol. The Morgan fingerprint density at radius 3 is 2.71 bits per heavy atom. The zero-order chi connectivity index (χ0) is 12.6. The van der Waals surface area contributed by atoms with Crippen LogP contribution in [-0.4, -0.2) is 25.9 Å². The van der Waals surface area contributed by atoms with Crippen molar-refractivity contribution in [3.63, 3.8) is 0 Å². The van der Waals surface area contributed by atoms with Gasteiger partial charge in [-0.3, -0.25) is 9.78 Å². The molecule has 0 aliphatic rings. The maximum Gasteiger partial charge on any atom is 0.0964 e. The van der Waals surface area contributed by atoms with Gasteiger partial charge in [-0.15, -0.1) is 0 Å². The summed E-state index contributed by atoms with van der Waals surface area (Å²) in [6, 6.07) is 1.46. The van der Waals surface area contributed by atoms with E-state index >= 15 is 0 Å². The SMILES string of the molecule is CCn1nc(C)c(-c2cc(C(=O)[O-])[nH]n2)c1C. The van der Waals surface area contributed by atoms with Gasteiger partial charge in [0.15, 0.2) is 0 Å². The van der Waals surface area contributed by atoms with Crippen LogP contribution in [0.2, 0.25) is 0 Å². The van der Waals surface area contributed by atoms with Gasteiger partial charge in [-0.05, 0) is 26.8 Å². The Labute approximate surface area is 98.3 Å². The number of hydrogen-bond acceptors (Lipinski definition) is 4. The number of aryl methyl sites for hydroxylation is 2. The fourth-order valence-corrected chi connectivity index (χ4v) is 1.93. The second kappa shape index (κ2) is 4.04. The van der Waals surface area contributed by atoms with Gasteiger partial charge >= 0.3 is 0 Å². The monoisotopic (exact) mass is 233 g/mol. The number of nitrogens with zero attached hydrogens (tertiary/aromatic N) is 3. The van der Waals surface area contributed by atoms with Gasteiger partial charge in [0, 0.05) is 17.8 Å². The lowest BCUT2D eigenvalue weighted by Gasteiger charge is -1.99. The van der Waals surface area contributed by atoms with E-state index in [1.54, 1.807) is 0 Å². The summed E-state index contributed by atoms with van der Waals surface area (Å²) in [5.41, 5.74) is 3.24. The minimum absolute atomic E-state index is 0.0250. The van der Waals surface area contributed by atoms with Gasteiger partial charge in [0.25, 0.3) is 0 Å². The van der Waals surface area contributed by atoms with Crippen LogP contribution in [0.15, 0.2) is 6.07 Å². The number of aromatic amines is 1. The van der Waals surface area contributed by atoms with E-state index in [0.717, 1.165) is 23.5 Å². The summed E-state index contributed by atoms with van der Waals surface area (Å²) in [6.45, 7) is 6.58. The standard InChI is InChI=1S/C11H14N4O2/c1-4-15-7(3)10(6(2)14-15)8-5-9(11(16)17)13-12-8/h5H,4H2,1-3H3,(H,12,13)(H,16,17)/p-1. The molecule has 0 fully saturated rings. The minimum atomic E-state index is -1.26. The van der Waals surface area contributed by atoms with Gasteiger partial charge in [-0.2, -0.15) is 10.2 Å². The number of carboxylic acid groups (broad SMARTS) is 1. The van der Waals surface area contributed by atoms with Crippen molar-refractivity contribution in [3.8, 4) is 11.3 Å². The summed E-state index contributed by atoms with van der Waals surface area (Å²) < 4.78 is 1.86. The van der Waals surface area contributed by atoms with Crippen LogP contribution in [0.25, 0.3) is 11.3 Å². The first-order chi connectivity index (χ1) is 8.04. The zero-order valence-corrected chi connectivity index (χ0v) is 9.94. The van der Waals surface area contributed by atoms with Gasteiger partial charge < -0.3 is 9.90 Å². The number of carbonyl (C=O) groups is 1. The van der Waals surface area contributed by atoms with Gasteiger partial charge in [0.1, 0.15) is 0 Å². The maximum atomic E-state index is 10.7. The van der Waals surface area contributed by atoms with Crippen molar-refractivity contribution in [2.45, 2.75) is 27.3 Å². The molecule has 0 saturated heterocycles. The van der Waals surface area contributed by atoms with Crippen LogP contribution in [0, 0.1) is 13.8 Å². The first kappa shape index (κ1) is 11.4. The van der Waals surface area contributed by atoms with Crippen LogP contribution in [0.5, 0.6) is 0 Å². The quantitative estimate of drug-likeness (QED) is 0.824. The minimum Gasteiger partial charge on any atom is -0.543 e.